The third-order valence-electron chi connectivity index (χ3n) is 2.51. The molecule has 0 saturated carbocycles. The SMILES string of the molecule is CC(C)(N)C(=O)NCCN1CC[C@@H](F)C1.Cl.Cl. The van der Waals surface area contributed by atoms with Gasteiger partial charge in [0, 0.05) is 26.2 Å². The number of nitrogens with one attached hydrogen (secondary N) is 1. The number of hydrogen-bond acceptors (Lipinski definition) is 3. The summed E-state index contributed by atoms with van der Waals surface area (Å²) in [5.74, 6) is -0.168. The zero-order chi connectivity index (χ0) is 11.5. The quantitative estimate of drug-likeness (QED) is 0.802. The van der Waals surface area contributed by atoms with E-state index in [9.17, 15) is 9.18 Å². The van der Waals surface area contributed by atoms with Crippen LogP contribution in [0, 0.1) is 0 Å². The summed E-state index contributed by atoms with van der Waals surface area (Å²) >= 11 is 0. The molecular weight excluding hydrogens is 268 g/mol. The Hall–Kier alpha value is -0.100. The lowest BCUT2D eigenvalue weighted by Gasteiger charge is -2.20. The maximum Gasteiger partial charge on any atom is 0.239 e. The van der Waals surface area contributed by atoms with Gasteiger partial charge in [0.2, 0.25) is 5.91 Å². The molecule has 0 aromatic carbocycles. The van der Waals surface area contributed by atoms with Gasteiger partial charge >= 0.3 is 0 Å². The molecule has 3 N–H and O–H groups in total. The second-order valence-electron chi connectivity index (χ2n) is 4.66. The molecule has 0 bridgehead atoms. The van der Waals surface area contributed by atoms with E-state index in [0.717, 1.165) is 6.54 Å². The van der Waals surface area contributed by atoms with E-state index in [1.807, 2.05) is 4.90 Å². The summed E-state index contributed by atoms with van der Waals surface area (Å²) in [5, 5.41) is 2.74. The summed E-state index contributed by atoms with van der Waals surface area (Å²) in [4.78, 5) is 13.4. The van der Waals surface area contributed by atoms with Crippen molar-refractivity contribution in [1.29, 1.82) is 0 Å². The summed E-state index contributed by atoms with van der Waals surface area (Å²) in [5.41, 5.74) is 4.77. The predicted molar refractivity (Wildman–Crippen MR) is 71.7 cm³/mol. The first-order chi connectivity index (χ1) is 6.89. The second-order valence-corrected chi connectivity index (χ2v) is 4.66. The molecule has 0 spiro atoms. The van der Waals surface area contributed by atoms with Crippen LogP contribution in [-0.4, -0.2) is 48.7 Å². The van der Waals surface area contributed by atoms with E-state index < -0.39 is 11.7 Å². The molecule has 1 saturated heterocycles. The molecule has 0 radical (unpaired) electrons. The molecule has 1 fully saturated rings. The minimum absolute atomic E-state index is 0. The number of amides is 1. The van der Waals surface area contributed by atoms with Crippen molar-refractivity contribution < 1.29 is 9.18 Å². The van der Waals surface area contributed by atoms with Gasteiger partial charge in [0.15, 0.2) is 0 Å². The Labute approximate surface area is 114 Å². The maximum atomic E-state index is 12.8. The van der Waals surface area contributed by atoms with Crippen LogP contribution in [-0.2, 0) is 4.79 Å². The van der Waals surface area contributed by atoms with Crippen molar-refractivity contribution >= 4 is 30.7 Å². The average Bonchev–Trinajstić information content (AvgIpc) is 2.49. The van der Waals surface area contributed by atoms with Gasteiger partial charge in [-0.15, -0.1) is 24.8 Å². The van der Waals surface area contributed by atoms with E-state index in [-0.39, 0.29) is 30.7 Å². The fraction of sp³-hybridized carbons (Fsp3) is 0.900. The molecule has 0 aliphatic carbocycles. The van der Waals surface area contributed by atoms with Crippen molar-refractivity contribution in [1.82, 2.24) is 10.2 Å². The zero-order valence-corrected chi connectivity index (χ0v) is 11.9. The first kappa shape index (κ1) is 19.2. The van der Waals surface area contributed by atoms with Crippen molar-refractivity contribution in [2.75, 3.05) is 26.2 Å². The monoisotopic (exact) mass is 289 g/mol. The van der Waals surface area contributed by atoms with E-state index in [1.165, 1.54) is 0 Å². The Morgan fingerprint density at radius 3 is 2.53 bits per heavy atom. The first-order valence-electron chi connectivity index (χ1n) is 5.33. The highest BCUT2D eigenvalue weighted by molar-refractivity contribution is 5.85. The Bertz CT molecular complexity index is 236. The van der Waals surface area contributed by atoms with E-state index in [4.69, 9.17) is 5.73 Å². The molecule has 1 rings (SSSR count). The van der Waals surface area contributed by atoms with Gasteiger partial charge in [0.05, 0.1) is 5.54 Å². The molecule has 1 amide bonds. The molecule has 1 heterocycles. The van der Waals surface area contributed by atoms with Gasteiger partial charge in [0.1, 0.15) is 6.17 Å². The predicted octanol–water partition coefficient (Wildman–Crippen LogP) is 0.727. The smallest absolute Gasteiger partial charge is 0.239 e. The van der Waals surface area contributed by atoms with E-state index in [0.29, 0.717) is 26.1 Å². The zero-order valence-electron chi connectivity index (χ0n) is 10.2. The van der Waals surface area contributed by atoms with Crippen LogP contribution in [0.5, 0.6) is 0 Å². The van der Waals surface area contributed by atoms with E-state index in [1.54, 1.807) is 13.8 Å². The Morgan fingerprint density at radius 2 is 2.12 bits per heavy atom. The van der Waals surface area contributed by atoms with E-state index >= 15 is 0 Å². The third-order valence-corrected chi connectivity index (χ3v) is 2.51. The second kappa shape index (κ2) is 8.08. The standard InChI is InChI=1S/C10H20FN3O.2ClH/c1-10(2,12)9(15)13-4-6-14-5-3-8(11)7-14;;/h8H,3-7,12H2,1-2H3,(H,13,15);2*1H/t8-;;/m1../s1. The number of carbonyl (C=O) groups is 1. The minimum Gasteiger partial charge on any atom is -0.353 e. The Morgan fingerprint density at radius 1 is 1.53 bits per heavy atom. The van der Waals surface area contributed by atoms with Crippen LogP contribution in [0.25, 0.3) is 0 Å². The molecule has 1 atom stereocenters. The van der Waals surface area contributed by atoms with Crippen molar-refractivity contribution in [2.45, 2.75) is 32.0 Å². The number of nitrogens with two attached hydrogens (primary N) is 1. The van der Waals surface area contributed by atoms with Crippen LogP contribution < -0.4 is 11.1 Å². The number of alkyl halides is 1. The van der Waals surface area contributed by atoms with Crippen molar-refractivity contribution in [2.24, 2.45) is 5.73 Å². The third kappa shape index (κ3) is 7.03. The van der Waals surface area contributed by atoms with Crippen LogP contribution in [0.2, 0.25) is 0 Å². The summed E-state index contributed by atoms with van der Waals surface area (Å²) in [7, 11) is 0. The highest BCUT2D eigenvalue weighted by Crippen LogP contribution is 2.10. The molecule has 1 aliphatic heterocycles. The Kier molecular flexibility index (Phi) is 9.15. The van der Waals surface area contributed by atoms with Crippen LogP contribution in [0.4, 0.5) is 4.39 Å². The molecule has 0 aromatic rings. The van der Waals surface area contributed by atoms with Gasteiger partial charge in [-0.05, 0) is 20.3 Å². The molecule has 7 heteroatoms. The molecule has 104 valence electrons. The number of likely N-dealkylation sites (tertiary alicyclic amines) is 1. The van der Waals surface area contributed by atoms with Gasteiger partial charge in [0.25, 0.3) is 0 Å². The van der Waals surface area contributed by atoms with Crippen LogP contribution >= 0.6 is 24.8 Å². The maximum absolute atomic E-state index is 12.8. The summed E-state index contributed by atoms with van der Waals surface area (Å²) < 4.78 is 12.8. The first-order valence-corrected chi connectivity index (χ1v) is 5.33. The van der Waals surface area contributed by atoms with Gasteiger partial charge in [-0.2, -0.15) is 0 Å². The lowest BCUT2D eigenvalue weighted by Crippen LogP contribution is -2.50. The summed E-state index contributed by atoms with van der Waals surface area (Å²) in [6, 6.07) is 0. The number of carbonyl (C=O) groups excluding carboxylic acids is 1. The van der Waals surface area contributed by atoms with Crippen LogP contribution in [0.1, 0.15) is 20.3 Å². The van der Waals surface area contributed by atoms with Crippen molar-refractivity contribution in [3.05, 3.63) is 0 Å². The fourth-order valence-corrected chi connectivity index (χ4v) is 1.54. The summed E-state index contributed by atoms with van der Waals surface area (Å²) in [6.07, 6.45) is -0.0947. The van der Waals surface area contributed by atoms with Crippen LogP contribution in [0.15, 0.2) is 0 Å². The average molecular weight is 290 g/mol. The highest BCUT2D eigenvalue weighted by Gasteiger charge is 2.23. The topological polar surface area (TPSA) is 58.4 Å². The number of halogens is 3. The molecule has 17 heavy (non-hydrogen) atoms. The van der Waals surface area contributed by atoms with Gasteiger partial charge < -0.3 is 11.1 Å². The van der Waals surface area contributed by atoms with Gasteiger partial charge in [-0.1, -0.05) is 0 Å². The van der Waals surface area contributed by atoms with E-state index in [2.05, 4.69) is 5.32 Å². The van der Waals surface area contributed by atoms with Crippen molar-refractivity contribution in [3.63, 3.8) is 0 Å². The van der Waals surface area contributed by atoms with Gasteiger partial charge in [-0.3, -0.25) is 9.69 Å². The number of nitrogens with zero attached hydrogens (tertiary/aromatic N) is 1. The molecule has 0 aromatic heterocycles. The number of rotatable bonds is 4. The normalized spacial score (nSPS) is 20.4. The molecule has 1 aliphatic rings. The highest BCUT2D eigenvalue weighted by atomic mass is 35.5. The van der Waals surface area contributed by atoms with Crippen molar-refractivity contribution in [3.8, 4) is 0 Å². The molecular formula is C10H22Cl2FN3O. The largest absolute Gasteiger partial charge is 0.353 e. The summed E-state index contributed by atoms with van der Waals surface area (Å²) in [6.45, 7) is 5.82. The lowest BCUT2D eigenvalue weighted by atomic mass is 10.1. The fourth-order valence-electron chi connectivity index (χ4n) is 1.54. The molecule has 4 nitrogen and oxygen atoms in total. The minimum atomic E-state index is -0.840. The van der Waals surface area contributed by atoms with Crippen LogP contribution in [0.3, 0.4) is 0 Å². The lowest BCUT2D eigenvalue weighted by molar-refractivity contribution is -0.125. The Balaban J connectivity index is 0. The van der Waals surface area contributed by atoms with Gasteiger partial charge in [-0.25, -0.2) is 4.39 Å². The molecule has 0 unspecified atom stereocenters. The number of hydrogen-bond donors (Lipinski definition) is 2.